The second kappa shape index (κ2) is 6.08. The molecule has 0 saturated heterocycles. The van der Waals surface area contributed by atoms with Crippen molar-refractivity contribution in [3.63, 3.8) is 0 Å². The molecule has 17 heavy (non-hydrogen) atoms. The normalized spacial score (nSPS) is 12.2. The molecule has 0 amide bonds. The minimum Gasteiger partial charge on any atom is -0.465 e. The first-order chi connectivity index (χ1) is 8.07. The van der Waals surface area contributed by atoms with Gasteiger partial charge in [-0.15, -0.1) is 0 Å². The zero-order chi connectivity index (χ0) is 12.8. The van der Waals surface area contributed by atoms with Crippen LogP contribution in [-0.4, -0.2) is 28.3 Å². The fourth-order valence-corrected chi connectivity index (χ4v) is 1.48. The highest BCUT2D eigenvalue weighted by Gasteiger charge is 2.33. The van der Waals surface area contributed by atoms with E-state index >= 15 is 0 Å². The third kappa shape index (κ3) is 3.34. The molecule has 1 atom stereocenters. The number of nitrogens with zero attached hydrogens (tertiary/aromatic N) is 2. The maximum atomic E-state index is 12.1. The van der Waals surface area contributed by atoms with Crippen LogP contribution in [0, 0.1) is 11.8 Å². The van der Waals surface area contributed by atoms with Gasteiger partial charge in [-0.25, -0.2) is 9.97 Å². The topological polar surface area (TPSA) is 69.2 Å². The molecule has 1 aromatic rings. The van der Waals surface area contributed by atoms with E-state index < -0.39 is 11.9 Å². The average molecular weight is 236 g/mol. The summed E-state index contributed by atoms with van der Waals surface area (Å²) >= 11 is 0. The number of hydrogen-bond acceptors (Lipinski definition) is 5. The van der Waals surface area contributed by atoms with Crippen molar-refractivity contribution in [2.24, 2.45) is 11.8 Å². The van der Waals surface area contributed by atoms with Crippen molar-refractivity contribution in [1.29, 1.82) is 0 Å². The summed E-state index contributed by atoms with van der Waals surface area (Å²) in [4.78, 5) is 31.5. The summed E-state index contributed by atoms with van der Waals surface area (Å²) in [5.74, 6) is -1.83. The van der Waals surface area contributed by atoms with Crippen molar-refractivity contribution < 1.29 is 14.3 Å². The number of rotatable bonds is 5. The summed E-state index contributed by atoms with van der Waals surface area (Å²) in [5.41, 5.74) is 0. The largest absolute Gasteiger partial charge is 0.465 e. The molecule has 0 saturated carbocycles. The van der Waals surface area contributed by atoms with Crippen LogP contribution in [0.25, 0.3) is 0 Å². The van der Waals surface area contributed by atoms with E-state index in [-0.39, 0.29) is 24.1 Å². The van der Waals surface area contributed by atoms with Crippen molar-refractivity contribution in [2.45, 2.75) is 20.8 Å². The van der Waals surface area contributed by atoms with Gasteiger partial charge in [-0.2, -0.15) is 0 Å². The summed E-state index contributed by atoms with van der Waals surface area (Å²) in [7, 11) is 0. The van der Waals surface area contributed by atoms with Gasteiger partial charge in [0.25, 0.3) is 0 Å². The van der Waals surface area contributed by atoms with E-state index in [1.807, 2.05) is 0 Å². The lowest BCUT2D eigenvalue weighted by Gasteiger charge is -2.16. The molecular formula is C12H16N2O3. The van der Waals surface area contributed by atoms with Crippen LogP contribution in [0.15, 0.2) is 18.5 Å². The van der Waals surface area contributed by atoms with Gasteiger partial charge < -0.3 is 4.74 Å². The predicted octanol–water partition coefficient (Wildman–Crippen LogP) is 1.49. The SMILES string of the molecule is CCOC(=O)C(C(=O)c1ncccn1)C(C)C. The highest BCUT2D eigenvalue weighted by atomic mass is 16.5. The second-order valence-electron chi connectivity index (χ2n) is 3.91. The number of ether oxygens (including phenoxy) is 1. The second-order valence-corrected chi connectivity index (χ2v) is 3.91. The fraction of sp³-hybridized carbons (Fsp3) is 0.500. The molecule has 0 radical (unpaired) electrons. The summed E-state index contributed by atoms with van der Waals surface area (Å²) in [5, 5.41) is 0. The van der Waals surface area contributed by atoms with Gasteiger partial charge >= 0.3 is 5.97 Å². The van der Waals surface area contributed by atoms with Crippen LogP contribution >= 0.6 is 0 Å². The van der Waals surface area contributed by atoms with Crippen LogP contribution in [0.3, 0.4) is 0 Å². The smallest absolute Gasteiger partial charge is 0.317 e. The van der Waals surface area contributed by atoms with E-state index in [2.05, 4.69) is 9.97 Å². The zero-order valence-electron chi connectivity index (χ0n) is 10.2. The van der Waals surface area contributed by atoms with Crippen LogP contribution in [0.4, 0.5) is 0 Å². The standard InChI is InChI=1S/C12H16N2O3/c1-4-17-12(16)9(8(2)3)10(15)11-13-6-5-7-14-11/h5-9H,4H2,1-3H3. The molecule has 0 N–H and O–H groups in total. The number of aromatic nitrogens is 2. The summed E-state index contributed by atoms with van der Waals surface area (Å²) in [6.07, 6.45) is 2.95. The molecule has 1 aromatic heterocycles. The Balaban J connectivity index is 2.92. The third-order valence-corrected chi connectivity index (χ3v) is 2.28. The average Bonchev–Trinajstić information content (AvgIpc) is 2.30. The Kier molecular flexibility index (Phi) is 4.75. The van der Waals surface area contributed by atoms with E-state index in [4.69, 9.17) is 4.74 Å². The molecular weight excluding hydrogens is 220 g/mol. The van der Waals surface area contributed by atoms with Crippen molar-refractivity contribution in [3.05, 3.63) is 24.3 Å². The molecule has 0 bridgehead atoms. The van der Waals surface area contributed by atoms with E-state index in [1.165, 1.54) is 12.4 Å². The van der Waals surface area contributed by atoms with E-state index in [9.17, 15) is 9.59 Å². The summed E-state index contributed by atoms with van der Waals surface area (Å²) < 4.78 is 4.89. The van der Waals surface area contributed by atoms with Crippen LogP contribution in [0.5, 0.6) is 0 Å². The molecule has 0 spiro atoms. The Morgan fingerprint density at radius 2 is 1.88 bits per heavy atom. The molecule has 5 nitrogen and oxygen atoms in total. The van der Waals surface area contributed by atoms with Crippen LogP contribution in [-0.2, 0) is 9.53 Å². The molecule has 0 aliphatic carbocycles. The fourth-order valence-electron chi connectivity index (χ4n) is 1.48. The Labute approximate surface area is 100 Å². The lowest BCUT2D eigenvalue weighted by atomic mass is 9.91. The number of ketones is 1. The lowest BCUT2D eigenvalue weighted by molar-refractivity contribution is -0.147. The lowest BCUT2D eigenvalue weighted by Crippen LogP contribution is -2.31. The Hall–Kier alpha value is -1.78. The third-order valence-electron chi connectivity index (χ3n) is 2.28. The van der Waals surface area contributed by atoms with E-state index in [0.717, 1.165) is 0 Å². The maximum Gasteiger partial charge on any atom is 0.317 e. The number of esters is 1. The first-order valence-electron chi connectivity index (χ1n) is 5.55. The number of hydrogen-bond donors (Lipinski definition) is 0. The van der Waals surface area contributed by atoms with Crippen molar-refractivity contribution in [2.75, 3.05) is 6.61 Å². The highest BCUT2D eigenvalue weighted by molar-refractivity contribution is 6.06. The van der Waals surface area contributed by atoms with Gasteiger partial charge in [0.15, 0.2) is 5.82 Å². The first-order valence-corrected chi connectivity index (χ1v) is 5.55. The van der Waals surface area contributed by atoms with Gasteiger partial charge in [-0.05, 0) is 18.9 Å². The Bertz CT molecular complexity index is 390. The quantitative estimate of drug-likeness (QED) is 0.440. The van der Waals surface area contributed by atoms with E-state index in [0.29, 0.717) is 0 Å². The van der Waals surface area contributed by atoms with Crippen LogP contribution in [0.1, 0.15) is 31.4 Å². The first kappa shape index (κ1) is 13.3. The molecule has 0 aliphatic heterocycles. The van der Waals surface area contributed by atoms with Crippen molar-refractivity contribution in [1.82, 2.24) is 9.97 Å². The molecule has 1 rings (SSSR count). The highest BCUT2D eigenvalue weighted by Crippen LogP contribution is 2.17. The van der Waals surface area contributed by atoms with Gasteiger partial charge in [-0.3, -0.25) is 9.59 Å². The molecule has 0 aromatic carbocycles. The van der Waals surface area contributed by atoms with Crippen molar-refractivity contribution >= 4 is 11.8 Å². The predicted molar refractivity (Wildman–Crippen MR) is 61.3 cm³/mol. The van der Waals surface area contributed by atoms with Gasteiger partial charge in [0.05, 0.1) is 6.61 Å². The molecule has 0 fully saturated rings. The molecule has 1 heterocycles. The molecule has 92 valence electrons. The molecule has 0 aliphatic rings. The number of Topliss-reactive ketones (excluding diaryl/α,β-unsaturated/α-hetero) is 1. The number of carbonyl (C=O) groups excluding carboxylic acids is 2. The van der Waals surface area contributed by atoms with Gasteiger partial charge in [0.2, 0.25) is 5.78 Å². The van der Waals surface area contributed by atoms with Crippen LogP contribution < -0.4 is 0 Å². The maximum absolute atomic E-state index is 12.1. The minimum atomic E-state index is -0.836. The summed E-state index contributed by atoms with van der Waals surface area (Å²) in [6, 6.07) is 1.62. The van der Waals surface area contributed by atoms with Gasteiger partial charge in [0, 0.05) is 12.4 Å². The van der Waals surface area contributed by atoms with Crippen LogP contribution in [0.2, 0.25) is 0 Å². The Morgan fingerprint density at radius 1 is 1.29 bits per heavy atom. The molecule has 1 unspecified atom stereocenters. The monoisotopic (exact) mass is 236 g/mol. The number of carbonyl (C=O) groups is 2. The Morgan fingerprint density at radius 3 is 2.35 bits per heavy atom. The van der Waals surface area contributed by atoms with Gasteiger partial charge in [-0.1, -0.05) is 13.8 Å². The molecule has 5 heteroatoms. The van der Waals surface area contributed by atoms with Crippen molar-refractivity contribution in [3.8, 4) is 0 Å². The van der Waals surface area contributed by atoms with E-state index in [1.54, 1.807) is 26.8 Å². The minimum absolute atomic E-state index is 0.0549. The zero-order valence-corrected chi connectivity index (χ0v) is 10.2. The summed E-state index contributed by atoms with van der Waals surface area (Å²) in [6.45, 7) is 5.55. The van der Waals surface area contributed by atoms with Gasteiger partial charge in [0.1, 0.15) is 5.92 Å².